The zero-order valence-corrected chi connectivity index (χ0v) is 13.8. The van der Waals surface area contributed by atoms with Gasteiger partial charge < -0.3 is 5.11 Å². The number of rotatable bonds is 6. The Kier molecular flexibility index (Phi) is 5.38. The van der Waals surface area contributed by atoms with Crippen molar-refractivity contribution in [2.45, 2.75) is 38.3 Å². The van der Waals surface area contributed by atoms with Crippen molar-refractivity contribution in [3.05, 3.63) is 65.0 Å². The van der Waals surface area contributed by atoms with E-state index in [0.29, 0.717) is 13.0 Å². The number of halogens is 2. The predicted molar refractivity (Wildman–Crippen MR) is 88.9 cm³/mol. The first-order valence-electron chi connectivity index (χ1n) is 8.38. The Bertz CT molecular complexity index is 767. The third kappa shape index (κ3) is 4.39. The molecule has 1 aromatic carbocycles. The van der Waals surface area contributed by atoms with Crippen LogP contribution < -0.4 is 0 Å². The summed E-state index contributed by atoms with van der Waals surface area (Å²) in [7, 11) is 0. The zero-order valence-electron chi connectivity index (χ0n) is 13.8. The fraction of sp³-hybridized carbons (Fsp3) is 0.368. The van der Waals surface area contributed by atoms with Gasteiger partial charge in [0.15, 0.2) is 11.6 Å². The van der Waals surface area contributed by atoms with Gasteiger partial charge in [0, 0.05) is 18.7 Å². The minimum Gasteiger partial charge on any atom is -0.481 e. The molecule has 2 heterocycles. The highest BCUT2D eigenvalue weighted by atomic mass is 19.2. The van der Waals surface area contributed by atoms with Gasteiger partial charge in [-0.15, -0.1) is 0 Å². The van der Waals surface area contributed by atoms with Crippen molar-refractivity contribution in [2.75, 3.05) is 6.54 Å². The number of aliphatic carboxylic acids is 1. The second-order valence-electron chi connectivity index (χ2n) is 6.32. The van der Waals surface area contributed by atoms with Gasteiger partial charge >= 0.3 is 5.97 Å². The summed E-state index contributed by atoms with van der Waals surface area (Å²) in [6, 6.07) is 9.78. The molecule has 2 aromatic rings. The van der Waals surface area contributed by atoms with Crippen molar-refractivity contribution < 1.29 is 18.7 Å². The highest BCUT2D eigenvalue weighted by molar-refractivity contribution is 5.66. The molecule has 0 aliphatic carbocycles. The highest BCUT2D eigenvalue weighted by Gasteiger charge is 2.27. The fourth-order valence-electron chi connectivity index (χ4n) is 3.28. The van der Waals surface area contributed by atoms with E-state index in [4.69, 9.17) is 5.11 Å². The predicted octanol–water partition coefficient (Wildman–Crippen LogP) is 3.71. The molecular weight excluding hydrogens is 326 g/mol. The van der Waals surface area contributed by atoms with E-state index in [1.54, 1.807) is 6.07 Å². The number of carboxylic acid groups (broad SMARTS) is 1. The molecule has 1 aromatic heterocycles. The molecule has 1 atom stereocenters. The number of pyridine rings is 1. The maximum absolute atomic E-state index is 13.4. The number of carboxylic acids is 1. The van der Waals surface area contributed by atoms with Gasteiger partial charge in [0.1, 0.15) is 0 Å². The van der Waals surface area contributed by atoms with Gasteiger partial charge in [-0.05, 0) is 49.2 Å². The molecule has 4 nitrogen and oxygen atoms in total. The van der Waals surface area contributed by atoms with Crippen molar-refractivity contribution in [3.8, 4) is 0 Å². The van der Waals surface area contributed by atoms with Gasteiger partial charge in [-0.25, -0.2) is 8.78 Å². The minimum absolute atomic E-state index is 0.0552. The van der Waals surface area contributed by atoms with Crippen molar-refractivity contribution in [2.24, 2.45) is 0 Å². The van der Waals surface area contributed by atoms with Gasteiger partial charge in [0.05, 0.1) is 18.2 Å². The fourth-order valence-corrected chi connectivity index (χ4v) is 3.28. The molecule has 0 radical (unpaired) electrons. The molecule has 3 rings (SSSR count). The molecule has 0 bridgehead atoms. The Morgan fingerprint density at radius 3 is 2.84 bits per heavy atom. The van der Waals surface area contributed by atoms with Crippen LogP contribution in [0.5, 0.6) is 0 Å². The third-order valence-electron chi connectivity index (χ3n) is 4.50. The maximum Gasteiger partial charge on any atom is 0.303 e. The molecule has 1 saturated heterocycles. The maximum atomic E-state index is 13.4. The normalized spacial score (nSPS) is 17.8. The second kappa shape index (κ2) is 7.70. The van der Waals surface area contributed by atoms with Crippen LogP contribution in [-0.4, -0.2) is 27.5 Å². The van der Waals surface area contributed by atoms with E-state index in [1.807, 2.05) is 18.2 Å². The molecule has 1 fully saturated rings. The van der Waals surface area contributed by atoms with E-state index < -0.39 is 17.6 Å². The summed E-state index contributed by atoms with van der Waals surface area (Å²) in [6.45, 7) is 1.40. The summed E-state index contributed by atoms with van der Waals surface area (Å²) in [4.78, 5) is 17.5. The van der Waals surface area contributed by atoms with Crippen molar-refractivity contribution in [1.82, 2.24) is 9.88 Å². The number of carbonyl (C=O) groups is 1. The number of hydrogen-bond donors (Lipinski definition) is 1. The molecule has 132 valence electrons. The van der Waals surface area contributed by atoms with E-state index in [-0.39, 0.29) is 12.5 Å². The van der Waals surface area contributed by atoms with Crippen LogP contribution in [-0.2, 0) is 17.8 Å². The molecule has 0 saturated carbocycles. The molecular formula is C19H20F2N2O2. The number of nitrogens with zero attached hydrogens (tertiary/aromatic N) is 2. The molecule has 0 spiro atoms. The summed E-state index contributed by atoms with van der Waals surface area (Å²) < 4.78 is 26.5. The molecule has 1 N–H and O–H groups in total. The quantitative estimate of drug-likeness (QED) is 0.866. The van der Waals surface area contributed by atoms with E-state index in [9.17, 15) is 13.6 Å². The largest absolute Gasteiger partial charge is 0.481 e. The first-order chi connectivity index (χ1) is 12.0. The van der Waals surface area contributed by atoms with Crippen LogP contribution in [0.15, 0.2) is 36.4 Å². The lowest BCUT2D eigenvalue weighted by Crippen LogP contribution is -2.23. The molecule has 25 heavy (non-hydrogen) atoms. The molecule has 1 aliphatic rings. The third-order valence-corrected chi connectivity index (χ3v) is 4.50. The molecule has 0 unspecified atom stereocenters. The Labute approximate surface area is 145 Å². The van der Waals surface area contributed by atoms with Crippen LogP contribution in [0.4, 0.5) is 8.78 Å². The number of likely N-dealkylation sites (tertiary alicyclic amines) is 1. The van der Waals surface area contributed by atoms with E-state index in [0.717, 1.165) is 42.4 Å². The SMILES string of the molecule is O=C(O)CCc1cccc([C@H]2CCCN2Cc2ccc(F)c(F)c2)n1. The lowest BCUT2D eigenvalue weighted by atomic mass is 10.1. The monoisotopic (exact) mass is 346 g/mol. The van der Waals surface area contributed by atoms with E-state index in [1.165, 1.54) is 6.07 Å². The van der Waals surface area contributed by atoms with Crippen LogP contribution in [0, 0.1) is 11.6 Å². The summed E-state index contributed by atoms with van der Waals surface area (Å²) in [5, 5.41) is 8.81. The lowest BCUT2D eigenvalue weighted by molar-refractivity contribution is -0.136. The second-order valence-corrected chi connectivity index (χ2v) is 6.32. The van der Waals surface area contributed by atoms with Crippen LogP contribution >= 0.6 is 0 Å². The van der Waals surface area contributed by atoms with Crippen LogP contribution in [0.2, 0.25) is 0 Å². The van der Waals surface area contributed by atoms with E-state index >= 15 is 0 Å². The van der Waals surface area contributed by atoms with Crippen molar-refractivity contribution in [1.29, 1.82) is 0 Å². The Hall–Kier alpha value is -2.34. The summed E-state index contributed by atoms with van der Waals surface area (Å²) in [6.07, 6.45) is 2.41. The number of benzene rings is 1. The standard InChI is InChI=1S/C19H20F2N2O2/c20-15-8-6-13(11-16(15)21)12-23-10-2-5-18(23)17-4-1-3-14(22-17)7-9-19(24)25/h1,3-4,6,8,11,18H,2,5,7,9-10,12H2,(H,24,25)/t18-/m1/s1. The summed E-state index contributed by atoms with van der Waals surface area (Å²) in [5.41, 5.74) is 2.40. The highest BCUT2D eigenvalue weighted by Crippen LogP contribution is 2.32. The van der Waals surface area contributed by atoms with Gasteiger partial charge in [0.2, 0.25) is 0 Å². The minimum atomic E-state index is -0.840. The van der Waals surface area contributed by atoms with Crippen LogP contribution in [0.25, 0.3) is 0 Å². The first kappa shape index (κ1) is 17.5. The van der Waals surface area contributed by atoms with Gasteiger partial charge in [-0.1, -0.05) is 12.1 Å². The number of aryl methyl sites for hydroxylation is 1. The zero-order chi connectivity index (χ0) is 17.8. The summed E-state index contributed by atoms with van der Waals surface area (Å²) >= 11 is 0. The average molecular weight is 346 g/mol. The number of hydrogen-bond acceptors (Lipinski definition) is 3. The smallest absolute Gasteiger partial charge is 0.303 e. The average Bonchev–Trinajstić information content (AvgIpc) is 3.05. The Morgan fingerprint density at radius 2 is 2.08 bits per heavy atom. The van der Waals surface area contributed by atoms with E-state index in [2.05, 4.69) is 9.88 Å². The van der Waals surface area contributed by atoms with Gasteiger partial charge in [-0.3, -0.25) is 14.7 Å². The molecule has 0 amide bonds. The number of aromatic nitrogens is 1. The topological polar surface area (TPSA) is 53.4 Å². The molecule has 1 aliphatic heterocycles. The lowest BCUT2D eigenvalue weighted by Gasteiger charge is -2.24. The van der Waals surface area contributed by atoms with Crippen molar-refractivity contribution >= 4 is 5.97 Å². The van der Waals surface area contributed by atoms with Crippen LogP contribution in [0.3, 0.4) is 0 Å². The van der Waals surface area contributed by atoms with Gasteiger partial charge in [-0.2, -0.15) is 0 Å². The van der Waals surface area contributed by atoms with Crippen LogP contribution in [0.1, 0.15) is 42.3 Å². The first-order valence-corrected chi connectivity index (χ1v) is 8.38. The van der Waals surface area contributed by atoms with Gasteiger partial charge in [0.25, 0.3) is 0 Å². The Morgan fingerprint density at radius 1 is 1.24 bits per heavy atom. The Balaban J connectivity index is 1.73. The summed E-state index contributed by atoms with van der Waals surface area (Å²) in [5.74, 6) is -2.51. The van der Waals surface area contributed by atoms with Crippen molar-refractivity contribution in [3.63, 3.8) is 0 Å². The molecule has 6 heteroatoms.